The third-order valence-corrected chi connectivity index (χ3v) is 6.06. The second-order valence-electron chi connectivity index (χ2n) is 8.23. The van der Waals surface area contributed by atoms with Gasteiger partial charge in [0.05, 0.1) is 18.1 Å². The summed E-state index contributed by atoms with van der Waals surface area (Å²) in [7, 11) is 1.74. The molecule has 1 aliphatic rings. The third kappa shape index (κ3) is 3.17. The molecule has 1 atom stereocenters. The molecule has 4 aromatic heterocycles. The summed E-state index contributed by atoms with van der Waals surface area (Å²) in [4.78, 5) is 8.69. The number of hydrogen-bond acceptors (Lipinski definition) is 5. The van der Waals surface area contributed by atoms with Gasteiger partial charge >= 0.3 is 0 Å². The van der Waals surface area contributed by atoms with Crippen molar-refractivity contribution in [2.75, 3.05) is 13.7 Å². The number of aromatic amines is 1. The molecule has 0 amide bonds. The maximum atomic E-state index is 13.5. The van der Waals surface area contributed by atoms with E-state index in [-0.39, 0.29) is 11.2 Å². The van der Waals surface area contributed by atoms with Crippen LogP contribution in [-0.4, -0.2) is 43.7 Å². The SMILES string of the molecule is COCCC1(C)CCc2c(-c3ccnc4[nH]ncc34)c(-c3ccc(F)cn3)nn2C1. The predicted octanol–water partition coefficient (Wildman–Crippen LogP) is 4.01. The molecule has 0 saturated heterocycles. The van der Waals surface area contributed by atoms with Crippen molar-refractivity contribution in [3.63, 3.8) is 0 Å². The highest BCUT2D eigenvalue weighted by molar-refractivity contribution is 5.97. The molecule has 0 fully saturated rings. The number of aromatic nitrogens is 6. The molecule has 1 N–H and O–H groups in total. The van der Waals surface area contributed by atoms with Crippen molar-refractivity contribution < 1.29 is 9.13 Å². The summed E-state index contributed by atoms with van der Waals surface area (Å²) in [6.07, 6.45) is 7.71. The standard InChI is InChI=1S/C22H23FN6O/c1-22(8-10-30-2)7-5-18-19(15-6-9-24-21-16(15)12-26-27-21)20(28-29(18)13-22)17-4-3-14(23)11-25-17/h3-4,6,9,11-12H,5,7-8,10,13H2,1-2H3,(H,24,26,27). The number of pyridine rings is 2. The Morgan fingerprint density at radius 3 is 2.93 bits per heavy atom. The van der Waals surface area contributed by atoms with Crippen molar-refractivity contribution in [1.82, 2.24) is 29.9 Å². The van der Waals surface area contributed by atoms with Crippen LogP contribution in [0.5, 0.6) is 0 Å². The highest BCUT2D eigenvalue weighted by Crippen LogP contribution is 2.43. The normalized spacial score (nSPS) is 18.6. The largest absolute Gasteiger partial charge is 0.385 e. The molecule has 8 heteroatoms. The van der Waals surface area contributed by atoms with E-state index < -0.39 is 0 Å². The van der Waals surface area contributed by atoms with E-state index in [2.05, 4.69) is 31.8 Å². The van der Waals surface area contributed by atoms with E-state index in [0.29, 0.717) is 5.69 Å². The average molecular weight is 406 g/mol. The number of nitrogens with zero attached hydrogens (tertiary/aromatic N) is 5. The fourth-order valence-corrected chi connectivity index (χ4v) is 4.34. The van der Waals surface area contributed by atoms with Crippen LogP contribution in [0.15, 0.2) is 36.8 Å². The summed E-state index contributed by atoms with van der Waals surface area (Å²) in [6, 6.07) is 5.10. The molecule has 0 bridgehead atoms. The highest BCUT2D eigenvalue weighted by atomic mass is 19.1. The van der Waals surface area contributed by atoms with Crippen molar-refractivity contribution in [2.24, 2.45) is 5.41 Å². The molecule has 154 valence electrons. The van der Waals surface area contributed by atoms with Gasteiger partial charge in [-0.1, -0.05) is 6.92 Å². The van der Waals surface area contributed by atoms with Crippen LogP contribution in [0.2, 0.25) is 0 Å². The summed E-state index contributed by atoms with van der Waals surface area (Å²) in [6.45, 7) is 3.82. The monoisotopic (exact) mass is 406 g/mol. The first-order valence-electron chi connectivity index (χ1n) is 10.1. The second kappa shape index (κ2) is 7.28. The topological polar surface area (TPSA) is 81.5 Å². The van der Waals surface area contributed by atoms with E-state index in [9.17, 15) is 4.39 Å². The molecule has 0 aromatic carbocycles. The number of H-pyrrole nitrogens is 1. The Morgan fingerprint density at radius 2 is 2.13 bits per heavy atom. The van der Waals surface area contributed by atoms with Crippen LogP contribution in [0.3, 0.4) is 0 Å². The molecular formula is C22H23FN6O. The van der Waals surface area contributed by atoms with Gasteiger partial charge in [-0.05, 0) is 48.4 Å². The van der Waals surface area contributed by atoms with Gasteiger partial charge in [0, 0.05) is 43.1 Å². The summed E-state index contributed by atoms with van der Waals surface area (Å²) >= 11 is 0. The van der Waals surface area contributed by atoms with E-state index in [0.717, 1.165) is 60.3 Å². The molecule has 0 aliphatic carbocycles. The van der Waals surface area contributed by atoms with Gasteiger partial charge in [0.2, 0.25) is 0 Å². The molecule has 5 heterocycles. The lowest BCUT2D eigenvalue weighted by molar-refractivity contribution is 0.113. The minimum atomic E-state index is -0.363. The summed E-state index contributed by atoms with van der Waals surface area (Å²) in [5.74, 6) is -0.363. The Hall–Kier alpha value is -3.13. The maximum absolute atomic E-state index is 13.5. The maximum Gasteiger partial charge on any atom is 0.155 e. The molecule has 30 heavy (non-hydrogen) atoms. The fourth-order valence-electron chi connectivity index (χ4n) is 4.34. The van der Waals surface area contributed by atoms with Gasteiger partial charge in [0.15, 0.2) is 5.65 Å². The van der Waals surface area contributed by atoms with Crippen molar-refractivity contribution in [3.05, 3.63) is 48.3 Å². The quantitative estimate of drug-likeness (QED) is 0.542. The van der Waals surface area contributed by atoms with E-state index >= 15 is 0 Å². The van der Waals surface area contributed by atoms with Crippen molar-refractivity contribution >= 4 is 11.0 Å². The lowest BCUT2D eigenvalue weighted by Gasteiger charge is -2.34. The van der Waals surface area contributed by atoms with Crippen molar-refractivity contribution in [1.29, 1.82) is 0 Å². The molecule has 7 nitrogen and oxygen atoms in total. The van der Waals surface area contributed by atoms with Crippen LogP contribution >= 0.6 is 0 Å². The molecule has 4 aromatic rings. The average Bonchev–Trinajstić information content (AvgIpc) is 3.37. The van der Waals surface area contributed by atoms with Crippen LogP contribution in [0.4, 0.5) is 4.39 Å². The van der Waals surface area contributed by atoms with Gasteiger partial charge in [0.1, 0.15) is 11.5 Å². The molecule has 1 unspecified atom stereocenters. The Morgan fingerprint density at radius 1 is 1.23 bits per heavy atom. The van der Waals surface area contributed by atoms with Crippen molar-refractivity contribution in [3.8, 4) is 22.5 Å². The fraction of sp³-hybridized carbons (Fsp3) is 0.364. The van der Waals surface area contributed by atoms with E-state index in [1.807, 2.05) is 6.07 Å². The van der Waals surface area contributed by atoms with E-state index in [1.54, 1.807) is 25.6 Å². The number of halogens is 1. The number of fused-ring (bicyclic) bond motifs is 2. The van der Waals surface area contributed by atoms with Gasteiger partial charge in [-0.2, -0.15) is 10.2 Å². The zero-order valence-electron chi connectivity index (χ0n) is 17.0. The molecule has 0 radical (unpaired) electrons. The predicted molar refractivity (Wildman–Crippen MR) is 111 cm³/mol. The Kier molecular flexibility index (Phi) is 4.58. The minimum absolute atomic E-state index is 0.114. The number of hydrogen-bond donors (Lipinski definition) is 1. The number of nitrogens with one attached hydrogen (secondary N) is 1. The molecule has 1 aliphatic heterocycles. The van der Waals surface area contributed by atoms with Crippen LogP contribution in [0.25, 0.3) is 33.5 Å². The smallest absolute Gasteiger partial charge is 0.155 e. The summed E-state index contributed by atoms with van der Waals surface area (Å²) in [5.41, 5.74) is 5.46. The van der Waals surface area contributed by atoms with E-state index in [1.165, 1.54) is 18.0 Å². The van der Waals surface area contributed by atoms with Gasteiger partial charge in [-0.25, -0.2) is 9.37 Å². The summed E-state index contributed by atoms with van der Waals surface area (Å²) in [5, 5.41) is 13.0. The number of ether oxygens (including phenoxy) is 1. The first kappa shape index (κ1) is 18.9. The Labute approximate surface area is 173 Å². The zero-order valence-corrected chi connectivity index (χ0v) is 17.0. The lowest BCUT2D eigenvalue weighted by Crippen LogP contribution is -2.31. The van der Waals surface area contributed by atoms with Crippen LogP contribution in [0, 0.1) is 11.2 Å². The highest BCUT2D eigenvalue weighted by Gasteiger charge is 2.34. The van der Waals surface area contributed by atoms with Crippen LogP contribution in [0.1, 0.15) is 25.5 Å². The number of rotatable bonds is 5. The van der Waals surface area contributed by atoms with E-state index in [4.69, 9.17) is 9.84 Å². The summed E-state index contributed by atoms with van der Waals surface area (Å²) < 4.78 is 20.9. The van der Waals surface area contributed by atoms with Gasteiger partial charge in [-0.3, -0.25) is 14.8 Å². The number of methoxy groups -OCH3 is 1. The molecule has 0 spiro atoms. The lowest BCUT2D eigenvalue weighted by atomic mass is 9.79. The zero-order chi connectivity index (χ0) is 20.7. The molecular weight excluding hydrogens is 383 g/mol. The minimum Gasteiger partial charge on any atom is -0.385 e. The first-order valence-corrected chi connectivity index (χ1v) is 10.1. The molecule has 0 saturated carbocycles. The van der Waals surface area contributed by atoms with Gasteiger partial charge in [0.25, 0.3) is 0 Å². The Bertz CT molecular complexity index is 1200. The Balaban J connectivity index is 1.69. The second-order valence-corrected chi connectivity index (χ2v) is 8.23. The molecule has 5 rings (SSSR count). The van der Waals surface area contributed by atoms with Gasteiger partial charge in [-0.15, -0.1) is 0 Å². The van der Waals surface area contributed by atoms with Crippen LogP contribution < -0.4 is 0 Å². The third-order valence-electron chi connectivity index (χ3n) is 6.06. The van der Waals surface area contributed by atoms with Crippen molar-refractivity contribution in [2.45, 2.75) is 32.7 Å². The van der Waals surface area contributed by atoms with Crippen LogP contribution in [-0.2, 0) is 17.7 Å². The first-order chi connectivity index (χ1) is 14.6. The van der Waals surface area contributed by atoms with Gasteiger partial charge < -0.3 is 4.74 Å².